The van der Waals surface area contributed by atoms with E-state index in [0.29, 0.717) is 18.1 Å². The van der Waals surface area contributed by atoms with E-state index in [1.165, 1.54) is 17.8 Å². The zero-order valence-electron chi connectivity index (χ0n) is 14.0. The van der Waals surface area contributed by atoms with Gasteiger partial charge in [0.2, 0.25) is 5.91 Å². The van der Waals surface area contributed by atoms with E-state index in [-0.39, 0.29) is 17.9 Å². The number of methoxy groups -OCH3 is 1. The van der Waals surface area contributed by atoms with Crippen LogP contribution in [-0.2, 0) is 14.3 Å². The Kier molecular flexibility index (Phi) is 6.63. The lowest BCUT2D eigenvalue weighted by Crippen LogP contribution is -2.38. The van der Waals surface area contributed by atoms with Crippen LogP contribution in [0.5, 0.6) is 0 Å². The second-order valence-electron chi connectivity index (χ2n) is 5.35. The van der Waals surface area contributed by atoms with Crippen molar-refractivity contribution in [1.29, 1.82) is 0 Å². The molecule has 0 aromatic heterocycles. The molecule has 128 valence electrons. The number of hydrogen-bond acceptors (Lipinski definition) is 4. The van der Waals surface area contributed by atoms with Crippen molar-refractivity contribution < 1.29 is 14.3 Å². The van der Waals surface area contributed by atoms with Gasteiger partial charge in [-0.15, -0.1) is 6.58 Å². The summed E-state index contributed by atoms with van der Waals surface area (Å²) >= 11 is 1.31. The van der Waals surface area contributed by atoms with Crippen molar-refractivity contribution in [3.63, 3.8) is 0 Å². The summed E-state index contributed by atoms with van der Waals surface area (Å²) in [7, 11) is 1.60. The number of anilines is 1. The highest BCUT2D eigenvalue weighted by atomic mass is 32.2. The third kappa shape index (κ3) is 4.27. The molecule has 0 spiro atoms. The number of ether oxygens (including phenoxy) is 1. The van der Waals surface area contributed by atoms with Crippen LogP contribution in [0.4, 0.5) is 5.69 Å². The van der Waals surface area contributed by atoms with Crippen molar-refractivity contribution in [3.8, 4) is 0 Å². The molecular weight excluding hydrogens is 324 g/mol. The van der Waals surface area contributed by atoms with Gasteiger partial charge in [0.25, 0.3) is 5.91 Å². The Bertz CT molecular complexity index is 657. The Morgan fingerprint density at radius 1 is 1.46 bits per heavy atom. The fourth-order valence-corrected chi connectivity index (χ4v) is 3.43. The third-order valence-corrected chi connectivity index (χ3v) is 4.69. The predicted octanol–water partition coefficient (Wildman–Crippen LogP) is 2.74. The first-order valence-electron chi connectivity index (χ1n) is 7.81. The molecule has 1 aromatic carbocycles. The van der Waals surface area contributed by atoms with Gasteiger partial charge in [-0.1, -0.05) is 36.9 Å². The number of carbonyl (C=O) groups excluding carboxylic acids is 2. The number of fused-ring (bicyclic) bond motifs is 1. The molecule has 1 aliphatic heterocycles. The molecule has 0 saturated carbocycles. The molecule has 0 unspecified atom stereocenters. The van der Waals surface area contributed by atoms with Crippen LogP contribution < -0.4 is 10.2 Å². The molecule has 1 atom stereocenters. The summed E-state index contributed by atoms with van der Waals surface area (Å²) in [6.45, 7) is 6.52. The van der Waals surface area contributed by atoms with Gasteiger partial charge in [-0.25, -0.2) is 0 Å². The number of nitrogens with zero attached hydrogens (tertiary/aromatic N) is 1. The lowest BCUT2D eigenvalue weighted by atomic mass is 10.2. The Hall–Kier alpha value is -2.05. The maximum Gasteiger partial charge on any atom is 0.265 e. The van der Waals surface area contributed by atoms with E-state index in [1.54, 1.807) is 18.1 Å². The second-order valence-corrected chi connectivity index (χ2v) is 6.44. The second kappa shape index (κ2) is 8.70. The Labute approximate surface area is 146 Å². The lowest BCUT2D eigenvalue weighted by Gasteiger charge is -2.29. The van der Waals surface area contributed by atoms with E-state index in [4.69, 9.17) is 4.74 Å². The fourth-order valence-electron chi connectivity index (χ4n) is 2.40. The van der Waals surface area contributed by atoms with Crippen molar-refractivity contribution in [1.82, 2.24) is 5.32 Å². The van der Waals surface area contributed by atoms with E-state index < -0.39 is 0 Å². The van der Waals surface area contributed by atoms with E-state index in [1.807, 2.05) is 31.2 Å². The molecule has 0 saturated heterocycles. The molecule has 1 aromatic rings. The Morgan fingerprint density at radius 2 is 2.21 bits per heavy atom. The zero-order valence-corrected chi connectivity index (χ0v) is 14.8. The first-order chi connectivity index (χ1) is 11.6. The minimum absolute atomic E-state index is 0.0698. The van der Waals surface area contributed by atoms with Gasteiger partial charge in [0.15, 0.2) is 0 Å². The highest BCUT2D eigenvalue weighted by Crippen LogP contribution is 2.41. The molecule has 0 radical (unpaired) electrons. The molecule has 6 heteroatoms. The van der Waals surface area contributed by atoms with Crippen LogP contribution in [0.1, 0.15) is 13.3 Å². The summed E-state index contributed by atoms with van der Waals surface area (Å²) in [4.78, 5) is 27.9. The fraction of sp³-hybridized carbons (Fsp3) is 0.333. The summed E-state index contributed by atoms with van der Waals surface area (Å²) in [5.74, 6) is -0.471. The maximum absolute atomic E-state index is 12.7. The average Bonchev–Trinajstić information content (AvgIpc) is 2.58. The van der Waals surface area contributed by atoms with E-state index in [9.17, 15) is 9.59 Å². The molecule has 1 heterocycles. The van der Waals surface area contributed by atoms with Crippen LogP contribution in [0.25, 0.3) is 0 Å². The van der Waals surface area contributed by atoms with Crippen LogP contribution in [0.15, 0.2) is 52.8 Å². The number of para-hydroxylation sites is 1. The van der Waals surface area contributed by atoms with Gasteiger partial charge >= 0.3 is 0 Å². The van der Waals surface area contributed by atoms with E-state index in [0.717, 1.165) is 17.0 Å². The molecule has 1 aliphatic rings. The highest BCUT2D eigenvalue weighted by Gasteiger charge is 2.28. The van der Waals surface area contributed by atoms with Crippen molar-refractivity contribution >= 4 is 29.3 Å². The van der Waals surface area contributed by atoms with E-state index >= 15 is 0 Å². The smallest absolute Gasteiger partial charge is 0.265 e. The van der Waals surface area contributed by atoms with Crippen LogP contribution in [0.2, 0.25) is 0 Å². The van der Waals surface area contributed by atoms with Gasteiger partial charge in [0.1, 0.15) is 0 Å². The standard InChI is InChI=1S/C18H22N2O3S/c1-4-10-20-14-8-6-7-9-15(14)24-16(18(20)22)11-17(21)19-13(5-2)12-23-3/h4,6-9,11,13H,1,5,10,12H2,2-3H3,(H,19,21)/b16-11+/t13-/m0/s1. The molecule has 0 fully saturated rings. The molecule has 5 nitrogen and oxygen atoms in total. The number of carbonyl (C=O) groups is 2. The largest absolute Gasteiger partial charge is 0.383 e. The van der Waals surface area contributed by atoms with Gasteiger partial charge in [-0.05, 0) is 18.6 Å². The molecule has 2 amide bonds. The molecule has 2 rings (SSSR count). The number of amides is 2. The number of nitrogens with one attached hydrogen (secondary N) is 1. The monoisotopic (exact) mass is 346 g/mol. The van der Waals surface area contributed by atoms with Gasteiger partial charge < -0.3 is 15.0 Å². The van der Waals surface area contributed by atoms with Crippen molar-refractivity contribution in [2.75, 3.05) is 25.2 Å². The predicted molar refractivity (Wildman–Crippen MR) is 97.0 cm³/mol. The average molecular weight is 346 g/mol. The van der Waals surface area contributed by atoms with Crippen molar-refractivity contribution in [3.05, 3.63) is 47.9 Å². The molecule has 24 heavy (non-hydrogen) atoms. The van der Waals surface area contributed by atoms with E-state index in [2.05, 4.69) is 11.9 Å². The minimum Gasteiger partial charge on any atom is -0.383 e. The quantitative estimate of drug-likeness (QED) is 0.609. The normalized spacial score (nSPS) is 16.7. The first kappa shape index (κ1) is 18.3. The molecule has 0 bridgehead atoms. The summed E-state index contributed by atoms with van der Waals surface area (Å²) in [5, 5.41) is 2.86. The van der Waals surface area contributed by atoms with Crippen molar-refractivity contribution in [2.24, 2.45) is 0 Å². The topological polar surface area (TPSA) is 58.6 Å². The van der Waals surface area contributed by atoms with Crippen LogP contribution in [0.3, 0.4) is 0 Å². The number of thioether (sulfide) groups is 1. The van der Waals surface area contributed by atoms with Crippen LogP contribution in [-0.4, -0.2) is 38.1 Å². The minimum atomic E-state index is -0.285. The lowest BCUT2D eigenvalue weighted by molar-refractivity contribution is -0.118. The van der Waals surface area contributed by atoms with Gasteiger partial charge in [0, 0.05) is 24.6 Å². The van der Waals surface area contributed by atoms with Crippen LogP contribution >= 0.6 is 11.8 Å². The maximum atomic E-state index is 12.7. The molecular formula is C18H22N2O3S. The van der Waals surface area contributed by atoms with Gasteiger partial charge in [-0.2, -0.15) is 0 Å². The summed E-state index contributed by atoms with van der Waals surface area (Å²) in [5.41, 5.74) is 0.843. The van der Waals surface area contributed by atoms with Crippen LogP contribution in [0, 0.1) is 0 Å². The summed E-state index contributed by atoms with van der Waals surface area (Å²) < 4.78 is 5.08. The number of benzene rings is 1. The SMILES string of the molecule is C=CCN1C(=O)/C(=C\C(=O)N[C@@H](CC)COC)Sc2ccccc21. The molecule has 0 aliphatic carbocycles. The number of hydrogen-bond donors (Lipinski definition) is 1. The van der Waals surface area contributed by atoms with Gasteiger partial charge in [0.05, 0.1) is 23.2 Å². The highest BCUT2D eigenvalue weighted by molar-refractivity contribution is 8.04. The molecule has 1 N–H and O–H groups in total. The zero-order chi connectivity index (χ0) is 17.5. The number of rotatable bonds is 7. The Morgan fingerprint density at radius 3 is 2.88 bits per heavy atom. The summed E-state index contributed by atoms with van der Waals surface area (Å²) in [6, 6.07) is 7.57. The Balaban J connectivity index is 2.22. The first-order valence-corrected chi connectivity index (χ1v) is 8.63. The third-order valence-electron chi connectivity index (χ3n) is 3.61. The van der Waals surface area contributed by atoms with Crippen molar-refractivity contribution in [2.45, 2.75) is 24.3 Å². The summed E-state index contributed by atoms with van der Waals surface area (Å²) in [6.07, 6.45) is 3.81. The van der Waals surface area contributed by atoms with Gasteiger partial charge in [-0.3, -0.25) is 9.59 Å².